The lowest BCUT2D eigenvalue weighted by Crippen LogP contribution is -2.25. The second-order valence-corrected chi connectivity index (χ2v) is 1.78. The van der Waals surface area contributed by atoms with Crippen LogP contribution in [0.3, 0.4) is 0 Å². The fourth-order valence-electron chi connectivity index (χ4n) is 0.643. The monoisotopic (exact) mass is 136 g/mol. The Bertz CT molecular complexity index is 216. The maximum Gasteiger partial charge on any atom is 0.0674 e. The molecule has 0 aromatic heterocycles. The highest BCUT2D eigenvalue weighted by molar-refractivity contribution is 5.19. The Balaban J connectivity index is 2.62. The summed E-state index contributed by atoms with van der Waals surface area (Å²) in [5.41, 5.74) is 16.0. The molecule has 0 fully saturated rings. The minimum absolute atomic E-state index is 0.277. The van der Waals surface area contributed by atoms with Gasteiger partial charge in [0, 0.05) is 9.82 Å². The molecule has 1 aliphatic carbocycles. The van der Waals surface area contributed by atoms with Crippen LogP contribution >= 0.6 is 0 Å². The van der Waals surface area contributed by atoms with E-state index in [1.807, 2.05) is 0 Å². The minimum Gasteiger partial charge on any atom is -0.0858 e. The number of azide groups is 2. The third-order valence-corrected chi connectivity index (χ3v) is 1.23. The van der Waals surface area contributed by atoms with E-state index in [0.717, 1.165) is 0 Å². The van der Waals surface area contributed by atoms with E-state index in [1.165, 1.54) is 0 Å². The van der Waals surface area contributed by atoms with Gasteiger partial charge in [0.1, 0.15) is 0 Å². The van der Waals surface area contributed by atoms with Gasteiger partial charge in [-0.25, -0.2) is 0 Å². The highest BCUT2D eigenvalue weighted by Gasteiger charge is 2.20. The zero-order chi connectivity index (χ0) is 7.40. The average Bonchev–Trinajstić information content (AvgIpc) is 1.93. The van der Waals surface area contributed by atoms with Crippen LogP contribution < -0.4 is 0 Å². The predicted molar refractivity (Wildman–Crippen MR) is 35.0 cm³/mol. The van der Waals surface area contributed by atoms with Gasteiger partial charge < -0.3 is 0 Å². The van der Waals surface area contributed by atoms with Crippen molar-refractivity contribution in [1.29, 1.82) is 0 Å². The Morgan fingerprint density at radius 2 is 1.40 bits per heavy atom. The first-order valence-corrected chi connectivity index (χ1v) is 2.65. The summed E-state index contributed by atoms with van der Waals surface area (Å²) in [4.78, 5) is 5.16. The van der Waals surface area contributed by atoms with E-state index in [9.17, 15) is 0 Å². The molecule has 2 unspecified atom stereocenters. The van der Waals surface area contributed by atoms with Crippen LogP contribution in [0.15, 0.2) is 22.4 Å². The Labute approximate surface area is 56.4 Å². The number of hydrogen-bond donors (Lipinski definition) is 0. The van der Waals surface area contributed by atoms with Crippen LogP contribution in [0.2, 0.25) is 0 Å². The smallest absolute Gasteiger partial charge is 0.0674 e. The van der Waals surface area contributed by atoms with E-state index in [0.29, 0.717) is 0 Å². The van der Waals surface area contributed by atoms with Gasteiger partial charge in [-0.3, -0.25) is 0 Å². The van der Waals surface area contributed by atoms with E-state index in [2.05, 4.69) is 20.1 Å². The Morgan fingerprint density at radius 3 is 1.60 bits per heavy atom. The molecule has 0 amide bonds. The number of hydrogen-bond acceptors (Lipinski definition) is 2. The quantitative estimate of drug-likeness (QED) is 0.240. The molecule has 0 aromatic rings. The molecule has 50 valence electrons. The van der Waals surface area contributed by atoms with E-state index < -0.39 is 0 Å². The number of nitrogens with zero attached hydrogens (tertiary/aromatic N) is 6. The van der Waals surface area contributed by atoms with Crippen molar-refractivity contribution in [3.8, 4) is 0 Å². The summed E-state index contributed by atoms with van der Waals surface area (Å²) in [6, 6.07) is -0.554. The lowest BCUT2D eigenvalue weighted by atomic mass is 9.99. The van der Waals surface area contributed by atoms with Crippen molar-refractivity contribution in [2.24, 2.45) is 10.2 Å². The molecule has 0 radical (unpaired) electrons. The van der Waals surface area contributed by atoms with Crippen LogP contribution in [0.4, 0.5) is 0 Å². The van der Waals surface area contributed by atoms with Crippen molar-refractivity contribution in [3.05, 3.63) is 33.0 Å². The maximum absolute atomic E-state index is 7.98. The molecule has 2 atom stereocenters. The van der Waals surface area contributed by atoms with Gasteiger partial charge in [-0.15, -0.1) is 0 Å². The highest BCUT2D eigenvalue weighted by Crippen LogP contribution is 2.17. The van der Waals surface area contributed by atoms with Crippen molar-refractivity contribution in [2.75, 3.05) is 0 Å². The minimum atomic E-state index is -0.277. The molecule has 1 aliphatic rings. The fourth-order valence-corrected chi connectivity index (χ4v) is 0.643. The van der Waals surface area contributed by atoms with Crippen molar-refractivity contribution in [1.82, 2.24) is 0 Å². The maximum atomic E-state index is 7.98. The van der Waals surface area contributed by atoms with Crippen LogP contribution in [0.25, 0.3) is 20.9 Å². The molecule has 1 rings (SSSR count). The summed E-state index contributed by atoms with van der Waals surface area (Å²) in [5, 5.41) is 6.72. The molecule has 0 spiro atoms. The largest absolute Gasteiger partial charge is 0.0858 e. The van der Waals surface area contributed by atoms with E-state index >= 15 is 0 Å². The summed E-state index contributed by atoms with van der Waals surface area (Å²) < 4.78 is 0. The predicted octanol–water partition coefficient (Wildman–Crippen LogP) is 1.91. The van der Waals surface area contributed by atoms with Crippen molar-refractivity contribution in [3.63, 3.8) is 0 Å². The first kappa shape index (κ1) is 6.48. The van der Waals surface area contributed by atoms with Gasteiger partial charge in [0.15, 0.2) is 0 Å². The van der Waals surface area contributed by atoms with E-state index in [1.54, 1.807) is 12.2 Å². The fraction of sp³-hybridized carbons (Fsp3) is 0.500. The molecule has 0 heterocycles. The first-order valence-electron chi connectivity index (χ1n) is 2.65. The number of rotatable bonds is 2. The van der Waals surface area contributed by atoms with Gasteiger partial charge in [0.25, 0.3) is 0 Å². The van der Waals surface area contributed by atoms with Gasteiger partial charge in [-0.2, -0.15) is 0 Å². The Hall–Kier alpha value is -1.64. The summed E-state index contributed by atoms with van der Waals surface area (Å²) in [7, 11) is 0. The Morgan fingerprint density at radius 1 is 1.00 bits per heavy atom. The van der Waals surface area contributed by atoms with Crippen LogP contribution in [0.1, 0.15) is 0 Å². The molecule has 0 saturated heterocycles. The van der Waals surface area contributed by atoms with Gasteiger partial charge in [-0.1, -0.05) is 22.4 Å². The first-order chi connectivity index (χ1) is 4.88. The highest BCUT2D eigenvalue weighted by atomic mass is 15.2. The van der Waals surface area contributed by atoms with Crippen LogP contribution in [-0.2, 0) is 0 Å². The molecular weight excluding hydrogens is 132 g/mol. The zero-order valence-electron chi connectivity index (χ0n) is 4.99. The summed E-state index contributed by atoms with van der Waals surface area (Å²) in [6.45, 7) is 0. The van der Waals surface area contributed by atoms with Gasteiger partial charge in [0.2, 0.25) is 0 Å². The average molecular weight is 136 g/mol. The lowest BCUT2D eigenvalue weighted by Gasteiger charge is -2.19. The topological polar surface area (TPSA) is 97.5 Å². The second kappa shape index (κ2) is 2.77. The Kier molecular flexibility index (Phi) is 1.80. The normalized spacial score (nSPS) is 27.6. The van der Waals surface area contributed by atoms with Crippen molar-refractivity contribution < 1.29 is 0 Å². The molecule has 10 heavy (non-hydrogen) atoms. The van der Waals surface area contributed by atoms with Crippen LogP contribution in [-0.4, -0.2) is 12.1 Å². The van der Waals surface area contributed by atoms with E-state index in [4.69, 9.17) is 11.1 Å². The van der Waals surface area contributed by atoms with Gasteiger partial charge in [0.05, 0.1) is 12.1 Å². The van der Waals surface area contributed by atoms with Crippen LogP contribution in [0, 0.1) is 0 Å². The molecule has 0 aliphatic heterocycles. The molecular formula is C4H4N6. The summed E-state index contributed by atoms with van der Waals surface area (Å²) >= 11 is 0. The van der Waals surface area contributed by atoms with Crippen LogP contribution in [0.5, 0.6) is 0 Å². The zero-order valence-corrected chi connectivity index (χ0v) is 4.99. The third kappa shape index (κ3) is 1.02. The second-order valence-electron chi connectivity index (χ2n) is 1.78. The lowest BCUT2D eigenvalue weighted by molar-refractivity contribution is 0.642. The summed E-state index contributed by atoms with van der Waals surface area (Å²) in [6.07, 6.45) is 3.39. The molecule has 0 bridgehead atoms. The molecule has 6 nitrogen and oxygen atoms in total. The summed E-state index contributed by atoms with van der Waals surface area (Å²) in [5.74, 6) is 0. The standard InChI is InChI=1S/C4H4N6/c5-9-7-3-1-2-4(3)8-10-6/h1-4H. The molecule has 0 aromatic carbocycles. The van der Waals surface area contributed by atoms with E-state index in [-0.39, 0.29) is 12.1 Å². The molecule has 0 N–H and O–H groups in total. The third-order valence-electron chi connectivity index (χ3n) is 1.23. The van der Waals surface area contributed by atoms with Crippen molar-refractivity contribution in [2.45, 2.75) is 12.1 Å². The molecule has 6 heteroatoms. The van der Waals surface area contributed by atoms with Crippen molar-refractivity contribution >= 4 is 0 Å². The SMILES string of the molecule is [N-]=[N+]=NC1C=CC1N=[N+]=[N-]. The van der Waals surface area contributed by atoms with Gasteiger partial charge >= 0.3 is 0 Å². The van der Waals surface area contributed by atoms with Gasteiger partial charge in [-0.05, 0) is 11.1 Å². The molecule has 0 saturated carbocycles.